The van der Waals surface area contributed by atoms with Crippen LogP contribution >= 0.6 is 0 Å². The number of para-hydroxylation sites is 1. The van der Waals surface area contributed by atoms with Crippen LogP contribution in [0.1, 0.15) is 30.1 Å². The third-order valence-corrected chi connectivity index (χ3v) is 4.27. The van der Waals surface area contributed by atoms with Gasteiger partial charge in [-0.3, -0.25) is 4.68 Å². The van der Waals surface area contributed by atoms with Crippen LogP contribution < -0.4 is 10.1 Å². The summed E-state index contributed by atoms with van der Waals surface area (Å²) in [7, 11) is 3.51. The van der Waals surface area contributed by atoms with Crippen molar-refractivity contribution in [2.45, 2.75) is 25.8 Å². The minimum atomic E-state index is -0.0884. The van der Waals surface area contributed by atoms with E-state index >= 15 is 0 Å². The molecule has 2 heterocycles. The lowest BCUT2D eigenvalue weighted by Crippen LogP contribution is -2.34. The fourth-order valence-electron chi connectivity index (χ4n) is 3.18. The molecule has 1 fully saturated rings. The Bertz CT molecular complexity index is 710. The first kappa shape index (κ1) is 15.4. The van der Waals surface area contributed by atoms with Gasteiger partial charge in [-0.05, 0) is 25.8 Å². The number of benzene rings is 1. The Kier molecular flexibility index (Phi) is 4.23. The summed E-state index contributed by atoms with van der Waals surface area (Å²) in [5.41, 5.74) is 2.63. The quantitative estimate of drug-likeness (QED) is 0.947. The number of carbonyl (C=O) groups excluding carboxylic acids is 1. The lowest BCUT2D eigenvalue weighted by molar-refractivity contribution is 0.206. The Hall–Kier alpha value is -2.50. The highest BCUT2D eigenvalue weighted by Gasteiger charge is 2.32. The highest BCUT2D eigenvalue weighted by atomic mass is 16.5. The number of carbonyl (C=O) groups is 1. The molecule has 0 unspecified atom stereocenters. The zero-order valence-corrected chi connectivity index (χ0v) is 13.7. The second kappa shape index (κ2) is 6.32. The van der Waals surface area contributed by atoms with Gasteiger partial charge in [-0.2, -0.15) is 5.10 Å². The largest absolute Gasteiger partial charge is 0.496 e. The second-order valence-corrected chi connectivity index (χ2v) is 5.83. The van der Waals surface area contributed by atoms with Gasteiger partial charge in [0.25, 0.3) is 0 Å². The average Bonchev–Trinajstić information content (AvgIpc) is 3.14. The summed E-state index contributed by atoms with van der Waals surface area (Å²) < 4.78 is 7.16. The van der Waals surface area contributed by atoms with E-state index in [2.05, 4.69) is 10.4 Å². The zero-order valence-electron chi connectivity index (χ0n) is 13.7. The SMILES string of the molecule is COc1ccccc1[C@H]1CCCN1C(=O)Nc1cn(C)nc1C. The Labute approximate surface area is 136 Å². The zero-order chi connectivity index (χ0) is 16.4. The number of aryl methyl sites for hydroxylation is 2. The molecule has 2 aromatic rings. The average molecular weight is 314 g/mol. The van der Waals surface area contributed by atoms with Crippen LogP contribution in [0, 0.1) is 6.92 Å². The maximum atomic E-state index is 12.7. The maximum absolute atomic E-state index is 12.7. The van der Waals surface area contributed by atoms with Gasteiger partial charge in [0, 0.05) is 25.4 Å². The molecule has 0 saturated carbocycles. The van der Waals surface area contributed by atoms with Crippen molar-refractivity contribution in [3.05, 3.63) is 41.7 Å². The highest BCUT2D eigenvalue weighted by molar-refractivity contribution is 5.90. The van der Waals surface area contributed by atoms with Crippen LogP contribution in [-0.4, -0.2) is 34.4 Å². The van der Waals surface area contributed by atoms with E-state index in [4.69, 9.17) is 4.74 Å². The number of nitrogens with one attached hydrogen (secondary N) is 1. The van der Waals surface area contributed by atoms with E-state index in [9.17, 15) is 4.79 Å². The molecule has 6 nitrogen and oxygen atoms in total. The fraction of sp³-hybridized carbons (Fsp3) is 0.412. The van der Waals surface area contributed by atoms with E-state index < -0.39 is 0 Å². The molecule has 1 aromatic carbocycles. The van der Waals surface area contributed by atoms with E-state index in [1.54, 1.807) is 11.8 Å². The molecule has 6 heteroatoms. The monoisotopic (exact) mass is 314 g/mol. The van der Waals surface area contributed by atoms with Crippen LogP contribution in [-0.2, 0) is 7.05 Å². The number of hydrogen-bond acceptors (Lipinski definition) is 3. The van der Waals surface area contributed by atoms with E-state index in [-0.39, 0.29) is 12.1 Å². The molecule has 1 aliphatic heterocycles. The summed E-state index contributed by atoms with van der Waals surface area (Å²) in [5.74, 6) is 0.828. The summed E-state index contributed by atoms with van der Waals surface area (Å²) >= 11 is 0. The second-order valence-electron chi connectivity index (χ2n) is 5.83. The summed E-state index contributed by atoms with van der Waals surface area (Å²) in [6.45, 7) is 2.63. The molecule has 2 amide bonds. The Morgan fingerprint density at radius 2 is 2.17 bits per heavy atom. The summed E-state index contributed by atoms with van der Waals surface area (Å²) in [6, 6.07) is 7.86. The smallest absolute Gasteiger partial charge is 0.322 e. The molecule has 1 N–H and O–H groups in total. The van der Waals surface area contributed by atoms with Crippen molar-refractivity contribution in [1.29, 1.82) is 0 Å². The van der Waals surface area contributed by atoms with Gasteiger partial charge in [-0.15, -0.1) is 0 Å². The molecule has 122 valence electrons. The van der Waals surface area contributed by atoms with Crippen molar-refractivity contribution in [1.82, 2.24) is 14.7 Å². The molecule has 3 rings (SSSR count). The molecular weight excluding hydrogens is 292 g/mol. The van der Waals surface area contributed by atoms with Crippen molar-refractivity contribution >= 4 is 11.7 Å². The number of amides is 2. The Balaban J connectivity index is 1.81. The molecule has 1 aromatic heterocycles. The van der Waals surface area contributed by atoms with E-state index in [1.807, 2.05) is 49.3 Å². The molecule has 0 radical (unpaired) electrons. The van der Waals surface area contributed by atoms with Crippen molar-refractivity contribution in [3.63, 3.8) is 0 Å². The number of aromatic nitrogens is 2. The van der Waals surface area contributed by atoms with Crippen molar-refractivity contribution in [3.8, 4) is 5.75 Å². The van der Waals surface area contributed by atoms with Gasteiger partial charge in [0.2, 0.25) is 0 Å². The molecular formula is C17H22N4O2. The van der Waals surface area contributed by atoms with Gasteiger partial charge in [-0.1, -0.05) is 18.2 Å². The number of urea groups is 1. The van der Waals surface area contributed by atoms with Crippen LogP contribution in [0.15, 0.2) is 30.5 Å². The number of anilines is 1. The Morgan fingerprint density at radius 1 is 1.39 bits per heavy atom. The number of ether oxygens (including phenoxy) is 1. The normalized spacial score (nSPS) is 17.3. The fourth-order valence-corrected chi connectivity index (χ4v) is 3.18. The third kappa shape index (κ3) is 3.02. The first-order valence-corrected chi connectivity index (χ1v) is 7.81. The molecule has 0 spiro atoms. The predicted molar refractivity (Wildman–Crippen MR) is 88.6 cm³/mol. The molecule has 1 saturated heterocycles. The van der Waals surface area contributed by atoms with Gasteiger partial charge >= 0.3 is 6.03 Å². The molecule has 0 aliphatic carbocycles. The van der Waals surface area contributed by atoms with Crippen LogP contribution in [0.25, 0.3) is 0 Å². The number of likely N-dealkylation sites (tertiary alicyclic amines) is 1. The molecule has 23 heavy (non-hydrogen) atoms. The molecule has 0 bridgehead atoms. The standard InChI is InChI=1S/C17H22N4O2/c1-12-14(11-20(2)19-12)18-17(22)21-10-6-8-15(21)13-7-4-5-9-16(13)23-3/h4-5,7,9,11,15H,6,8,10H2,1-3H3,(H,18,22)/t15-/m1/s1. The van der Waals surface area contributed by atoms with Gasteiger partial charge in [0.1, 0.15) is 5.75 Å². The number of hydrogen-bond donors (Lipinski definition) is 1. The minimum absolute atomic E-state index is 0.0446. The summed E-state index contributed by atoms with van der Waals surface area (Å²) in [5, 5.41) is 7.23. The van der Waals surface area contributed by atoms with Crippen molar-refractivity contribution in [2.24, 2.45) is 7.05 Å². The van der Waals surface area contributed by atoms with Crippen LogP contribution in [0.4, 0.5) is 10.5 Å². The minimum Gasteiger partial charge on any atom is -0.496 e. The lowest BCUT2D eigenvalue weighted by Gasteiger charge is -2.26. The summed E-state index contributed by atoms with van der Waals surface area (Å²) in [4.78, 5) is 14.6. The predicted octanol–water partition coefficient (Wildman–Crippen LogP) is 3.11. The van der Waals surface area contributed by atoms with Gasteiger partial charge in [-0.25, -0.2) is 4.79 Å². The van der Waals surface area contributed by atoms with Gasteiger partial charge < -0.3 is 15.0 Å². The first-order chi connectivity index (χ1) is 11.1. The number of rotatable bonds is 3. The maximum Gasteiger partial charge on any atom is 0.322 e. The number of nitrogens with zero attached hydrogens (tertiary/aromatic N) is 3. The molecule has 1 atom stereocenters. The molecule has 1 aliphatic rings. The van der Waals surface area contributed by atoms with E-state index in [1.165, 1.54) is 0 Å². The van der Waals surface area contributed by atoms with Crippen LogP contribution in [0.5, 0.6) is 5.75 Å². The third-order valence-electron chi connectivity index (χ3n) is 4.27. The summed E-state index contributed by atoms with van der Waals surface area (Å²) in [6.07, 6.45) is 3.75. The van der Waals surface area contributed by atoms with Crippen molar-refractivity contribution in [2.75, 3.05) is 19.0 Å². The highest BCUT2D eigenvalue weighted by Crippen LogP contribution is 2.37. The number of methoxy groups -OCH3 is 1. The van der Waals surface area contributed by atoms with Crippen LogP contribution in [0.3, 0.4) is 0 Å². The topological polar surface area (TPSA) is 59.4 Å². The van der Waals surface area contributed by atoms with Crippen LogP contribution in [0.2, 0.25) is 0 Å². The van der Waals surface area contributed by atoms with Gasteiger partial charge in [0.15, 0.2) is 0 Å². The van der Waals surface area contributed by atoms with E-state index in [0.717, 1.165) is 42.1 Å². The van der Waals surface area contributed by atoms with Crippen molar-refractivity contribution < 1.29 is 9.53 Å². The first-order valence-electron chi connectivity index (χ1n) is 7.81. The Morgan fingerprint density at radius 3 is 2.87 bits per heavy atom. The van der Waals surface area contributed by atoms with E-state index in [0.29, 0.717) is 0 Å². The lowest BCUT2D eigenvalue weighted by atomic mass is 10.0. The van der Waals surface area contributed by atoms with Gasteiger partial charge in [0.05, 0.1) is 24.5 Å².